The lowest BCUT2D eigenvalue weighted by Crippen LogP contribution is -2.36. The molecule has 2 heterocycles. The van der Waals surface area contributed by atoms with Gasteiger partial charge in [0.1, 0.15) is 17.1 Å². The summed E-state index contributed by atoms with van der Waals surface area (Å²) in [6, 6.07) is 17.3. The highest BCUT2D eigenvalue weighted by Crippen LogP contribution is 2.55. The number of ether oxygens (including phenoxy) is 4. The second-order valence-electron chi connectivity index (χ2n) is 8.93. The lowest BCUT2D eigenvalue weighted by atomic mass is 9.76. The maximum absolute atomic E-state index is 13.6. The third kappa shape index (κ3) is 4.00. The molecule has 4 rings (SSSR count). The summed E-state index contributed by atoms with van der Waals surface area (Å²) in [6.07, 6.45) is 2.76. The van der Waals surface area contributed by atoms with Gasteiger partial charge in [0.25, 0.3) is 0 Å². The van der Waals surface area contributed by atoms with Crippen LogP contribution in [-0.4, -0.2) is 33.3 Å². The number of methoxy groups -OCH3 is 3. The molecule has 0 N–H and O–H groups in total. The Bertz CT molecular complexity index is 1270. The number of esters is 2. The molecule has 2 aromatic rings. The van der Waals surface area contributed by atoms with E-state index in [-0.39, 0.29) is 17.6 Å². The Balaban J connectivity index is 2.24. The minimum Gasteiger partial charge on any atom is -0.496 e. The van der Waals surface area contributed by atoms with Crippen LogP contribution in [0.2, 0.25) is 0 Å². The molecule has 0 aromatic heterocycles. The fourth-order valence-corrected chi connectivity index (χ4v) is 5.24. The third-order valence-corrected chi connectivity index (χ3v) is 6.82. The van der Waals surface area contributed by atoms with E-state index in [1.165, 1.54) is 14.2 Å². The van der Waals surface area contributed by atoms with Gasteiger partial charge < -0.3 is 18.9 Å². The van der Waals surface area contributed by atoms with Crippen LogP contribution in [0.4, 0.5) is 0 Å². The average molecular weight is 489 g/mol. The Hall–Kier alpha value is -3.80. The second kappa shape index (κ2) is 10.4. The molecule has 0 spiro atoms. The number of carbonyl (C=O) groups is 2. The molecule has 6 heteroatoms. The molecule has 0 aliphatic carbocycles. The van der Waals surface area contributed by atoms with Crippen molar-refractivity contribution >= 4 is 17.7 Å². The Labute approximate surface area is 212 Å². The van der Waals surface area contributed by atoms with E-state index in [4.69, 9.17) is 18.9 Å². The fraction of sp³-hybridized carbons (Fsp3) is 0.333. The molecule has 188 valence electrons. The molecular weight excluding hydrogens is 456 g/mol. The highest BCUT2D eigenvalue weighted by molar-refractivity contribution is 6.04. The van der Waals surface area contributed by atoms with E-state index in [2.05, 4.69) is 6.92 Å². The first kappa shape index (κ1) is 25.3. The largest absolute Gasteiger partial charge is 0.496 e. The lowest BCUT2D eigenvalue weighted by molar-refractivity contribution is -0.141. The van der Waals surface area contributed by atoms with E-state index < -0.39 is 17.5 Å². The molecule has 2 aromatic carbocycles. The summed E-state index contributed by atoms with van der Waals surface area (Å²) in [5, 5.41) is 0. The van der Waals surface area contributed by atoms with Crippen LogP contribution in [-0.2, 0) is 34.1 Å². The number of rotatable bonds is 7. The normalized spacial score (nSPS) is 25.1. The SMILES string of the molecule is CCCCC1=C2/O[C@](c3ccccc3)(/C(C(=O)OC)=C(/C(=O)OC)C/C(C)=C\1OC)c1ccccc12. The smallest absolute Gasteiger partial charge is 0.339 e. The number of fused-ring (bicyclic) bond motifs is 5. The van der Waals surface area contributed by atoms with Gasteiger partial charge in [0.05, 0.1) is 26.9 Å². The maximum Gasteiger partial charge on any atom is 0.339 e. The van der Waals surface area contributed by atoms with Crippen molar-refractivity contribution in [1.29, 1.82) is 0 Å². The molecule has 2 aliphatic rings. The first-order chi connectivity index (χ1) is 17.4. The molecule has 6 nitrogen and oxygen atoms in total. The first-order valence-electron chi connectivity index (χ1n) is 12.2. The molecular formula is C30H32O6. The van der Waals surface area contributed by atoms with Crippen LogP contribution in [0.15, 0.2) is 82.6 Å². The predicted molar refractivity (Wildman–Crippen MR) is 137 cm³/mol. The molecule has 0 unspecified atom stereocenters. The summed E-state index contributed by atoms with van der Waals surface area (Å²) in [5.74, 6) is 0.0300. The highest BCUT2D eigenvalue weighted by atomic mass is 16.5. The van der Waals surface area contributed by atoms with E-state index >= 15 is 0 Å². The van der Waals surface area contributed by atoms with Crippen molar-refractivity contribution in [3.05, 3.63) is 99.3 Å². The van der Waals surface area contributed by atoms with Gasteiger partial charge in [-0.1, -0.05) is 67.9 Å². The summed E-state index contributed by atoms with van der Waals surface area (Å²) in [5.41, 5.74) is 2.91. The number of hydrogen-bond acceptors (Lipinski definition) is 6. The number of unbranched alkanes of at least 4 members (excludes halogenated alkanes) is 1. The molecule has 0 amide bonds. The minimum atomic E-state index is -1.41. The Kier molecular flexibility index (Phi) is 7.34. The van der Waals surface area contributed by atoms with Crippen molar-refractivity contribution in [3.8, 4) is 0 Å². The van der Waals surface area contributed by atoms with Gasteiger partial charge in [-0.2, -0.15) is 0 Å². The quantitative estimate of drug-likeness (QED) is 0.457. The zero-order valence-corrected chi connectivity index (χ0v) is 21.5. The van der Waals surface area contributed by atoms with Gasteiger partial charge in [0.2, 0.25) is 0 Å². The lowest BCUT2D eigenvalue weighted by Gasteiger charge is -2.33. The molecule has 0 fully saturated rings. The zero-order chi connectivity index (χ0) is 25.9. The van der Waals surface area contributed by atoms with E-state index in [1.807, 2.05) is 61.5 Å². The monoisotopic (exact) mass is 488 g/mol. The van der Waals surface area contributed by atoms with Gasteiger partial charge in [0, 0.05) is 28.7 Å². The average Bonchev–Trinajstić information content (AvgIpc) is 3.27. The molecule has 2 bridgehead atoms. The van der Waals surface area contributed by atoms with Crippen molar-refractivity contribution < 1.29 is 28.5 Å². The summed E-state index contributed by atoms with van der Waals surface area (Å²) in [7, 11) is 4.24. The number of allylic oxidation sites excluding steroid dienone is 2. The Morgan fingerprint density at radius 3 is 2.25 bits per heavy atom. The summed E-state index contributed by atoms with van der Waals surface area (Å²) in [4.78, 5) is 26.9. The summed E-state index contributed by atoms with van der Waals surface area (Å²) in [6.45, 7) is 4.04. The van der Waals surface area contributed by atoms with E-state index in [0.29, 0.717) is 23.5 Å². The minimum absolute atomic E-state index is 0.108. The summed E-state index contributed by atoms with van der Waals surface area (Å²) >= 11 is 0. The van der Waals surface area contributed by atoms with Crippen molar-refractivity contribution in [2.24, 2.45) is 0 Å². The van der Waals surface area contributed by atoms with Crippen LogP contribution in [0, 0.1) is 0 Å². The maximum atomic E-state index is 13.6. The van der Waals surface area contributed by atoms with Crippen LogP contribution in [0.25, 0.3) is 5.76 Å². The van der Waals surface area contributed by atoms with Crippen molar-refractivity contribution in [2.45, 2.75) is 45.1 Å². The molecule has 2 aliphatic heterocycles. The molecule has 0 saturated carbocycles. The Morgan fingerprint density at radius 1 is 0.944 bits per heavy atom. The van der Waals surface area contributed by atoms with Crippen LogP contribution < -0.4 is 0 Å². The van der Waals surface area contributed by atoms with Crippen molar-refractivity contribution in [1.82, 2.24) is 0 Å². The third-order valence-electron chi connectivity index (χ3n) is 6.82. The standard InChI is InChI=1S/C30H32O6/c1-6-7-15-22-26(33-3)19(2)18-23(28(31)34-4)25(29(32)35-5)30(20-13-9-8-10-14-20)24-17-12-11-16-21(24)27(22)36-30/h8-14,16-17H,6-7,15,18H2,1-5H3/b25-23+,26-19+,27-22-/t30-/m0/s1. The van der Waals surface area contributed by atoms with Gasteiger partial charge in [0.15, 0.2) is 5.60 Å². The van der Waals surface area contributed by atoms with E-state index in [0.717, 1.165) is 35.1 Å². The van der Waals surface area contributed by atoms with Gasteiger partial charge in [-0.3, -0.25) is 0 Å². The topological polar surface area (TPSA) is 71.1 Å². The van der Waals surface area contributed by atoms with Crippen LogP contribution in [0.3, 0.4) is 0 Å². The predicted octanol–water partition coefficient (Wildman–Crippen LogP) is 5.83. The molecule has 36 heavy (non-hydrogen) atoms. The van der Waals surface area contributed by atoms with Crippen molar-refractivity contribution in [2.75, 3.05) is 21.3 Å². The summed E-state index contributed by atoms with van der Waals surface area (Å²) < 4.78 is 23.4. The highest BCUT2D eigenvalue weighted by Gasteiger charge is 2.54. The van der Waals surface area contributed by atoms with Crippen LogP contribution >= 0.6 is 0 Å². The van der Waals surface area contributed by atoms with Crippen LogP contribution in [0.5, 0.6) is 0 Å². The van der Waals surface area contributed by atoms with Gasteiger partial charge >= 0.3 is 11.9 Å². The van der Waals surface area contributed by atoms with Gasteiger partial charge in [-0.25, -0.2) is 9.59 Å². The first-order valence-corrected chi connectivity index (χ1v) is 12.2. The number of carbonyl (C=O) groups excluding carboxylic acids is 2. The van der Waals surface area contributed by atoms with E-state index in [9.17, 15) is 9.59 Å². The van der Waals surface area contributed by atoms with Gasteiger partial charge in [-0.15, -0.1) is 0 Å². The second-order valence-corrected chi connectivity index (χ2v) is 8.93. The molecule has 1 atom stereocenters. The van der Waals surface area contributed by atoms with Crippen LogP contribution in [0.1, 0.15) is 56.2 Å². The molecule has 0 saturated heterocycles. The fourth-order valence-electron chi connectivity index (χ4n) is 5.24. The molecule has 0 radical (unpaired) electrons. The zero-order valence-electron chi connectivity index (χ0n) is 21.5. The Morgan fingerprint density at radius 2 is 1.61 bits per heavy atom. The van der Waals surface area contributed by atoms with Crippen molar-refractivity contribution in [3.63, 3.8) is 0 Å². The van der Waals surface area contributed by atoms with E-state index in [1.54, 1.807) is 7.11 Å². The number of benzene rings is 2. The number of hydrogen-bond donors (Lipinski definition) is 0. The van der Waals surface area contributed by atoms with Gasteiger partial charge in [-0.05, 0) is 25.3 Å².